The molecule has 21 heavy (non-hydrogen) atoms. The highest BCUT2D eigenvalue weighted by atomic mass is 32.2. The predicted molar refractivity (Wildman–Crippen MR) is 86.4 cm³/mol. The number of nitrogens with one attached hydrogen (secondary N) is 1. The van der Waals surface area contributed by atoms with Crippen molar-refractivity contribution in [2.75, 3.05) is 5.75 Å². The predicted octanol–water partition coefficient (Wildman–Crippen LogP) is 2.84. The van der Waals surface area contributed by atoms with E-state index in [-0.39, 0.29) is 17.6 Å². The van der Waals surface area contributed by atoms with Gasteiger partial charge in [-0.05, 0) is 24.8 Å². The summed E-state index contributed by atoms with van der Waals surface area (Å²) in [5.41, 5.74) is 2.37. The minimum absolute atomic E-state index is 0.222. The van der Waals surface area contributed by atoms with E-state index < -0.39 is 12.0 Å². The first kappa shape index (κ1) is 17.6. The molecule has 4 nitrogen and oxygen atoms in total. The Balaban J connectivity index is 2.37. The second kappa shape index (κ2) is 8.72. The minimum Gasteiger partial charge on any atom is -0.480 e. The van der Waals surface area contributed by atoms with Crippen LogP contribution < -0.4 is 5.32 Å². The lowest BCUT2D eigenvalue weighted by Crippen LogP contribution is -2.42. The van der Waals surface area contributed by atoms with Crippen LogP contribution in [0.2, 0.25) is 0 Å². The molecule has 0 aliphatic carbocycles. The summed E-state index contributed by atoms with van der Waals surface area (Å²) in [5.74, 6) is 0.0557. The standard InChI is InChI=1S/C16H23NO3S/c1-11(2)7-14(16(19)20)17-15(18)10-21-9-13-6-4-5-12(3)8-13/h4-6,8,11,14H,7,9-10H2,1-3H3,(H,17,18)(H,19,20). The lowest BCUT2D eigenvalue weighted by atomic mass is 10.0. The van der Waals surface area contributed by atoms with Crippen LogP contribution in [0.5, 0.6) is 0 Å². The Kier molecular flexibility index (Phi) is 7.29. The first-order chi connectivity index (χ1) is 9.88. The second-order valence-corrected chi connectivity index (χ2v) is 6.56. The maximum Gasteiger partial charge on any atom is 0.326 e. The number of aliphatic carboxylic acids is 1. The van der Waals surface area contributed by atoms with Crippen molar-refractivity contribution >= 4 is 23.6 Å². The van der Waals surface area contributed by atoms with Gasteiger partial charge in [-0.25, -0.2) is 4.79 Å². The van der Waals surface area contributed by atoms with E-state index in [1.54, 1.807) is 0 Å². The molecule has 1 amide bonds. The first-order valence-electron chi connectivity index (χ1n) is 7.04. The van der Waals surface area contributed by atoms with Gasteiger partial charge in [0.2, 0.25) is 5.91 Å². The maximum absolute atomic E-state index is 11.8. The Morgan fingerprint density at radius 2 is 2.05 bits per heavy atom. The van der Waals surface area contributed by atoms with Crippen LogP contribution in [0.25, 0.3) is 0 Å². The van der Waals surface area contributed by atoms with Gasteiger partial charge in [-0.3, -0.25) is 4.79 Å². The van der Waals surface area contributed by atoms with Crippen LogP contribution in [0.15, 0.2) is 24.3 Å². The lowest BCUT2D eigenvalue weighted by Gasteiger charge is -2.16. The highest BCUT2D eigenvalue weighted by molar-refractivity contribution is 7.99. The molecular weight excluding hydrogens is 286 g/mol. The number of benzene rings is 1. The smallest absolute Gasteiger partial charge is 0.326 e. The molecule has 0 spiro atoms. The van der Waals surface area contributed by atoms with Crippen LogP contribution in [-0.2, 0) is 15.3 Å². The Labute approximate surface area is 130 Å². The van der Waals surface area contributed by atoms with E-state index in [1.165, 1.54) is 22.9 Å². The van der Waals surface area contributed by atoms with E-state index in [2.05, 4.69) is 11.4 Å². The lowest BCUT2D eigenvalue weighted by molar-refractivity contribution is -0.141. The largest absolute Gasteiger partial charge is 0.480 e. The molecular formula is C16H23NO3S. The molecule has 5 heteroatoms. The highest BCUT2D eigenvalue weighted by Crippen LogP contribution is 2.13. The third-order valence-electron chi connectivity index (χ3n) is 2.92. The number of hydrogen-bond donors (Lipinski definition) is 2. The Morgan fingerprint density at radius 1 is 1.33 bits per heavy atom. The number of carbonyl (C=O) groups is 2. The maximum atomic E-state index is 11.8. The molecule has 0 bridgehead atoms. The third-order valence-corrected chi connectivity index (χ3v) is 3.93. The highest BCUT2D eigenvalue weighted by Gasteiger charge is 2.20. The van der Waals surface area contributed by atoms with E-state index in [1.807, 2.05) is 39.0 Å². The quantitative estimate of drug-likeness (QED) is 0.775. The SMILES string of the molecule is Cc1cccc(CSCC(=O)NC(CC(C)C)C(=O)O)c1. The summed E-state index contributed by atoms with van der Waals surface area (Å²) in [7, 11) is 0. The molecule has 0 saturated carbocycles. The Bertz CT molecular complexity index is 488. The van der Waals surface area contributed by atoms with Crippen LogP contribution in [0.3, 0.4) is 0 Å². The molecule has 116 valence electrons. The van der Waals surface area contributed by atoms with Crippen LogP contribution in [0.4, 0.5) is 0 Å². The molecule has 0 radical (unpaired) electrons. The van der Waals surface area contributed by atoms with Gasteiger partial charge in [0.05, 0.1) is 5.75 Å². The van der Waals surface area contributed by atoms with E-state index in [4.69, 9.17) is 5.11 Å². The molecule has 0 fully saturated rings. The normalized spacial score (nSPS) is 12.2. The molecule has 2 N–H and O–H groups in total. The van der Waals surface area contributed by atoms with Gasteiger partial charge in [-0.1, -0.05) is 43.7 Å². The molecule has 0 aliphatic heterocycles. The summed E-state index contributed by atoms with van der Waals surface area (Å²) in [6.07, 6.45) is 0.448. The fraction of sp³-hybridized carbons (Fsp3) is 0.500. The number of thioether (sulfide) groups is 1. The second-order valence-electron chi connectivity index (χ2n) is 5.57. The zero-order valence-electron chi connectivity index (χ0n) is 12.8. The summed E-state index contributed by atoms with van der Waals surface area (Å²) < 4.78 is 0. The molecule has 0 aromatic heterocycles. The first-order valence-corrected chi connectivity index (χ1v) is 8.19. The van der Waals surface area contributed by atoms with Crippen molar-refractivity contribution < 1.29 is 14.7 Å². The van der Waals surface area contributed by atoms with Gasteiger partial charge < -0.3 is 10.4 Å². The number of amides is 1. The molecule has 0 aliphatic rings. The number of carbonyl (C=O) groups excluding carboxylic acids is 1. The summed E-state index contributed by atoms with van der Waals surface area (Å²) in [6, 6.07) is 7.34. The van der Waals surface area contributed by atoms with Crippen molar-refractivity contribution in [3.8, 4) is 0 Å². The topological polar surface area (TPSA) is 66.4 Å². The number of aryl methyl sites for hydroxylation is 1. The van der Waals surface area contributed by atoms with Gasteiger partial charge in [-0.2, -0.15) is 0 Å². The third kappa shape index (κ3) is 7.18. The number of carboxylic acids is 1. The number of carboxylic acid groups (broad SMARTS) is 1. The van der Waals surface area contributed by atoms with Gasteiger partial charge in [0.15, 0.2) is 0 Å². The van der Waals surface area contributed by atoms with Crippen LogP contribution in [0.1, 0.15) is 31.4 Å². The van der Waals surface area contributed by atoms with Gasteiger partial charge in [-0.15, -0.1) is 11.8 Å². The van der Waals surface area contributed by atoms with Crippen LogP contribution in [0, 0.1) is 12.8 Å². The van der Waals surface area contributed by atoms with Gasteiger partial charge in [0, 0.05) is 5.75 Å². The summed E-state index contributed by atoms with van der Waals surface area (Å²) in [5, 5.41) is 11.7. The fourth-order valence-corrected chi connectivity index (χ4v) is 2.78. The van der Waals surface area contributed by atoms with E-state index >= 15 is 0 Å². The van der Waals surface area contributed by atoms with Gasteiger partial charge >= 0.3 is 5.97 Å². The molecule has 0 heterocycles. The molecule has 1 atom stereocenters. The zero-order chi connectivity index (χ0) is 15.8. The average Bonchev–Trinajstić information content (AvgIpc) is 2.37. The summed E-state index contributed by atoms with van der Waals surface area (Å²) >= 11 is 1.49. The summed E-state index contributed by atoms with van der Waals surface area (Å²) in [4.78, 5) is 22.9. The molecule has 1 unspecified atom stereocenters. The molecule has 1 aromatic carbocycles. The zero-order valence-corrected chi connectivity index (χ0v) is 13.6. The van der Waals surface area contributed by atoms with Crippen molar-refractivity contribution in [1.29, 1.82) is 0 Å². The van der Waals surface area contributed by atoms with Crippen molar-refractivity contribution in [2.45, 2.75) is 39.0 Å². The van der Waals surface area contributed by atoms with Gasteiger partial charge in [0.25, 0.3) is 0 Å². The fourth-order valence-electron chi connectivity index (χ4n) is 1.99. The number of rotatable bonds is 8. The minimum atomic E-state index is -0.972. The van der Waals surface area contributed by atoms with Crippen molar-refractivity contribution in [1.82, 2.24) is 5.32 Å². The monoisotopic (exact) mass is 309 g/mol. The molecule has 1 rings (SSSR count). The van der Waals surface area contributed by atoms with Crippen molar-refractivity contribution in [3.05, 3.63) is 35.4 Å². The summed E-state index contributed by atoms with van der Waals surface area (Å²) in [6.45, 7) is 5.91. The van der Waals surface area contributed by atoms with E-state index in [9.17, 15) is 9.59 Å². The Hall–Kier alpha value is -1.49. The number of hydrogen-bond acceptors (Lipinski definition) is 3. The van der Waals surface area contributed by atoms with E-state index in [0.717, 1.165) is 5.75 Å². The van der Waals surface area contributed by atoms with Crippen molar-refractivity contribution in [3.63, 3.8) is 0 Å². The average molecular weight is 309 g/mol. The van der Waals surface area contributed by atoms with Gasteiger partial charge in [0.1, 0.15) is 6.04 Å². The van der Waals surface area contributed by atoms with E-state index in [0.29, 0.717) is 6.42 Å². The molecule has 1 aromatic rings. The Morgan fingerprint density at radius 3 is 2.62 bits per heavy atom. The molecule has 0 saturated heterocycles. The van der Waals surface area contributed by atoms with Crippen molar-refractivity contribution in [2.24, 2.45) is 5.92 Å². The van der Waals surface area contributed by atoms with Crippen LogP contribution >= 0.6 is 11.8 Å². The van der Waals surface area contributed by atoms with Crippen LogP contribution in [-0.4, -0.2) is 28.8 Å².